The van der Waals surface area contributed by atoms with Crippen LogP contribution < -0.4 is 9.64 Å². The van der Waals surface area contributed by atoms with E-state index < -0.39 is 0 Å². The molecule has 0 bridgehead atoms. The summed E-state index contributed by atoms with van der Waals surface area (Å²) in [6, 6.07) is 8.33. The number of hydrogen-bond donors (Lipinski definition) is 0. The molecule has 1 heterocycles. The Morgan fingerprint density at radius 1 is 1.22 bits per heavy atom. The monoisotopic (exact) mass is 316 g/mol. The Bertz CT molecular complexity index is 480. The van der Waals surface area contributed by atoms with Crippen molar-refractivity contribution >= 4 is 5.69 Å². The van der Waals surface area contributed by atoms with Gasteiger partial charge in [0, 0.05) is 32.7 Å². The number of nitrogens with zero attached hydrogens (tertiary/aromatic N) is 2. The second kappa shape index (κ2) is 8.97. The summed E-state index contributed by atoms with van der Waals surface area (Å²) < 4.78 is 5.49. The van der Waals surface area contributed by atoms with Gasteiger partial charge in [0.25, 0.3) is 0 Å². The Morgan fingerprint density at radius 2 is 1.91 bits per heavy atom. The van der Waals surface area contributed by atoms with Crippen molar-refractivity contribution in [2.45, 2.75) is 26.7 Å². The number of hydrogen-bond acceptors (Lipinski definition) is 3. The van der Waals surface area contributed by atoms with E-state index in [4.69, 9.17) is 4.74 Å². The van der Waals surface area contributed by atoms with Crippen molar-refractivity contribution in [2.24, 2.45) is 11.8 Å². The summed E-state index contributed by atoms with van der Waals surface area (Å²) in [5, 5.41) is 0. The predicted octanol–water partition coefficient (Wildman–Crippen LogP) is 4.06. The third kappa shape index (κ3) is 5.00. The molecule has 3 nitrogen and oxygen atoms in total. The molecule has 0 saturated carbocycles. The van der Waals surface area contributed by atoms with Gasteiger partial charge >= 0.3 is 0 Å². The number of para-hydroxylation sites is 2. The highest BCUT2D eigenvalue weighted by molar-refractivity contribution is 5.58. The van der Waals surface area contributed by atoms with Crippen molar-refractivity contribution in [1.29, 1.82) is 0 Å². The number of anilines is 1. The van der Waals surface area contributed by atoms with Crippen LogP contribution in [0.3, 0.4) is 0 Å². The predicted molar refractivity (Wildman–Crippen MR) is 99.4 cm³/mol. The molecule has 3 heteroatoms. The molecule has 2 rings (SSSR count). The van der Waals surface area contributed by atoms with Gasteiger partial charge in [0.1, 0.15) is 5.75 Å². The number of ether oxygens (including phenoxy) is 1. The molecule has 0 aliphatic carbocycles. The van der Waals surface area contributed by atoms with Crippen LogP contribution in [0.25, 0.3) is 0 Å². The summed E-state index contributed by atoms with van der Waals surface area (Å²) in [7, 11) is 1.75. The van der Waals surface area contributed by atoms with Gasteiger partial charge in [-0.3, -0.25) is 4.90 Å². The van der Waals surface area contributed by atoms with E-state index in [0.29, 0.717) is 5.92 Å². The lowest BCUT2D eigenvalue weighted by Gasteiger charge is -2.37. The van der Waals surface area contributed by atoms with Crippen LogP contribution in [0, 0.1) is 11.8 Å². The molecule has 1 aromatic rings. The van der Waals surface area contributed by atoms with Crippen LogP contribution in [0.4, 0.5) is 5.69 Å². The SMILES string of the molecule is C=CC(CC)CC(C)CN1CCN(c2ccccc2OC)CC1. The molecule has 1 aliphatic rings. The Kier molecular flexibility index (Phi) is 6.97. The maximum atomic E-state index is 5.49. The van der Waals surface area contributed by atoms with Gasteiger partial charge in [-0.25, -0.2) is 0 Å². The average Bonchev–Trinajstić information content (AvgIpc) is 2.60. The second-order valence-corrected chi connectivity index (χ2v) is 6.70. The number of methoxy groups -OCH3 is 1. The van der Waals surface area contributed by atoms with E-state index in [1.54, 1.807) is 7.11 Å². The highest BCUT2D eigenvalue weighted by atomic mass is 16.5. The fraction of sp³-hybridized carbons (Fsp3) is 0.600. The van der Waals surface area contributed by atoms with Gasteiger partial charge in [-0.1, -0.05) is 32.1 Å². The Labute approximate surface area is 141 Å². The number of benzene rings is 1. The van der Waals surface area contributed by atoms with E-state index in [0.717, 1.165) is 37.8 Å². The van der Waals surface area contributed by atoms with E-state index in [1.165, 1.54) is 25.1 Å². The van der Waals surface area contributed by atoms with E-state index in [-0.39, 0.29) is 0 Å². The van der Waals surface area contributed by atoms with Gasteiger partial charge in [-0.2, -0.15) is 0 Å². The smallest absolute Gasteiger partial charge is 0.142 e. The summed E-state index contributed by atoms with van der Waals surface area (Å²) in [4.78, 5) is 5.05. The highest BCUT2D eigenvalue weighted by Gasteiger charge is 2.21. The molecule has 0 spiro atoms. The molecule has 0 radical (unpaired) electrons. The van der Waals surface area contributed by atoms with E-state index in [1.807, 2.05) is 12.1 Å². The van der Waals surface area contributed by atoms with E-state index in [9.17, 15) is 0 Å². The van der Waals surface area contributed by atoms with Gasteiger partial charge in [-0.15, -0.1) is 6.58 Å². The average molecular weight is 316 g/mol. The summed E-state index contributed by atoms with van der Waals surface area (Å²) in [5.74, 6) is 2.38. The molecule has 1 aromatic carbocycles. The fourth-order valence-electron chi connectivity index (χ4n) is 3.52. The van der Waals surface area contributed by atoms with Crippen molar-refractivity contribution in [2.75, 3.05) is 44.7 Å². The van der Waals surface area contributed by atoms with Crippen molar-refractivity contribution in [3.63, 3.8) is 0 Å². The lowest BCUT2D eigenvalue weighted by molar-refractivity contribution is 0.212. The number of rotatable bonds is 8. The second-order valence-electron chi connectivity index (χ2n) is 6.70. The summed E-state index contributed by atoms with van der Waals surface area (Å²) in [6.07, 6.45) is 4.58. The first kappa shape index (κ1) is 17.9. The summed E-state index contributed by atoms with van der Waals surface area (Å²) in [5.41, 5.74) is 1.22. The molecule has 0 aromatic heterocycles. The van der Waals surface area contributed by atoms with Crippen molar-refractivity contribution < 1.29 is 4.74 Å². The minimum Gasteiger partial charge on any atom is -0.495 e. The Morgan fingerprint density at radius 3 is 2.52 bits per heavy atom. The van der Waals surface area contributed by atoms with Gasteiger partial charge < -0.3 is 9.64 Å². The van der Waals surface area contributed by atoms with Crippen LogP contribution in [0.5, 0.6) is 5.75 Å². The third-order valence-corrected chi connectivity index (χ3v) is 4.93. The van der Waals surface area contributed by atoms with Gasteiger partial charge in [-0.05, 0) is 36.8 Å². The minimum absolute atomic E-state index is 0.667. The molecule has 23 heavy (non-hydrogen) atoms. The van der Waals surface area contributed by atoms with Crippen LogP contribution in [0.2, 0.25) is 0 Å². The lowest BCUT2D eigenvalue weighted by atomic mass is 9.93. The number of allylic oxidation sites excluding steroid dienone is 1. The Balaban J connectivity index is 1.83. The molecule has 1 saturated heterocycles. The van der Waals surface area contributed by atoms with Crippen molar-refractivity contribution in [3.05, 3.63) is 36.9 Å². The van der Waals surface area contributed by atoms with Gasteiger partial charge in [0.05, 0.1) is 12.8 Å². The van der Waals surface area contributed by atoms with Crippen molar-refractivity contribution in [3.8, 4) is 5.75 Å². The number of piperazine rings is 1. The van der Waals surface area contributed by atoms with Crippen LogP contribution >= 0.6 is 0 Å². The van der Waals surface area contributed by atoms with Crippen LogP contribution in [0.15, 0.2) is 36.9 Å². The van der Waals surface area contributed by atoms with Crippen LogP contribution in [0.1, 0.15) is 26.7 Å². The minimum atomic E-state index is 0.667. The van der Waals surface area contributed by atoms with Gasteiger partial charge in [0.15, 0.2) is 0 Å². The molecule has 128 valence electrons. The topological polar surface area (TPSA) is 15.7 Å². The standard InChI is InChI=1S/C20H32N2O/c1-5-18(6-2)15-17(3)16-21-11-13-22(14-12-21)19-9-7-8-10-20(19)23-4/h5,7-10,17-18H,1,6,11-16H2,2-4H3. The quantitative estimate of drug-likeness (QED) is 0.673. The molecule has 1 aliphatic heterocycles. The molecule has 2 unspecified atom stereocenters. The zero-order valence-corrected chi connectivity index (χ0v) is 15.0. The zero-order valence-electron chi connectivity index (χ0n) is 15.0. The summed E-state index contributed by atoms with van der Waals surface area (Å²) >= 11 is 0. The van der Waals surface area contributed by atoms with E-state index in [2.05, 4.69) is 48.4 Å². The van der Waals surface area contributed by atoms with E-state index >= 15 is 0 Å². The summed E-state index contributed by atoms with van der Waals surface area (Å²) in [6.45, 7) is 14.2. The maximum Gasteiger partial charge on any atom is 0.142 e. The molecular formula is C20H32N2O. The third-order valence-electron chi connectivity index (χ3n) is 4.93. The first-order valence-electron chi connectivity index (χ1n) is 8.90. The fourth-order valence-corrected chi connectivity index (χ4v) is 3.52. The molecular weight excluding hydrogens is 284 g/mol. The molecule has 1 fully saturated rings. The zero-order chi connectivity index (χ0) is 16.7. The molecule has 0 N–H and O–H groups in total. The first-order chi connectivity index (χ1) is 11.2. The lowest BCUT2D eigenvalue weighted by Crippen LogP contribution is -2.47. The Hall–Kier alpha value is -1.48. The molecule has 2 atom stereocenters. The first-order valence-corrected chi connectivity index (χ1v) is 8.90. The largest absolute Gasteiger partial charge is 0.495 e. The van der Waals surface area contributed by atoms with Crippen LogP contribution in [-0.4, -0.2) is 44.7 Å². The maximum absolute atomic E-state index is 5.49. The molecule has 0 amide bonds. The van der Waals surface area contributed by atoms with Crippen molar-refractivity contribution in [1.82, 2.24) is 4.90 Å². The normalized spacial score (nSPS) is 18.5. The van der Waals surface area contributed by atoms with Crippen LogP contribution in [-0.2, 0) is 0 Å². The highest BCUT2D eigenvalue weighted by Crippen LogP contribution is 2.28. The van der Waals surface area contributed by atoms with Gasteiger partial charge in [0.2, 0.25) is 0 Å².